The molecule has 96 valence electrons. The van der Waals surface area contributed by atoms with Crippen LogP contribution in [0.3, 0.4) is 0 Å². The highest BCUT2D eigenvalue weighted by atomic mass is 35.5. The normalized spacial score (nSPS) is 12.4. The summed E-state index contributed by atoms with van der Waals surface area (Å²) in [6.45, 7) is 4.09. The first-order chi connectivity index (χ1) is 8.70. The van der Waals surface area contributed by atoms with Gasteiger partial charge in [0.2, 0.25) is 5.13 Å². The number of aryl methyl sites for hydroxylation is 1. The first kappa shape index (κ1) is 13.3. The number of rotatable bonds is 5. The molecule has 3 nitrogen and oxygen atoms in total. The fourth-order valence-corrected chi connectivity index (χ4v) is 2.52. The van der Waals surface area contributed by atoms with Crippen molar-refractivity contribution in [2.75, 3.05) is 5.32 Å². The molecule has 0 bridgehead atoms. The molecule has 1 aromatic heterocycles. The zero-order chi connectivity index (χ0) is 13.0. The Morgan fingerprint density at radius 2 is 2.17 bits per heavy atom. The maximum Gasteiger partial charge on any atom is 0.207 e. The van der Waals surface area contributed by atoms with Crippen molar-refractivity contribution in [3.63, 3.8) is 0 Å². The van der Waals surface area contributed by atoms with Gasteiger partial charge in [0, 0.05) is 23.6 Å². The molecule has 0 spiro atoms. The number of alkyl halides is 1. The Morgan fingerprint density at radius 1 is 1.39 bits per heavy atom. The van der Waals surface area contributed by atoms with E-state index in [1.807, 2.05) is 31.2 Å². The van der Waals surface area contributed by atoms with E-state index in [-0.39, 0.29) is 5.38 Å². The summed E-state index contributed by atoms with van der Waals surface area (Å²) in [5.74, 6) is 0.904. The summed E-state index contributed by atoms with van der Waals surface area (Å²) < 4.78 is 4.31. The maximum atomic E-state index is 6.16. The Balaban J connectivity index is 2.17. The van der Waals surface area contributed by atoms with E-state index in [1.54, 1.807) is 0 Å². The fourth-order valence-electron chi connectivity index (χ4n) is 1.70. The molecule has 0 aliphatic rings. The van der Waals surface area contributed by atoms with E-state index in [0.717, 1.165) is 35.0 Å². The summed E-state index contributed by atoms with van der Waals surface area (Å²) in [6.07, 6.45) is 1.98. The van der Waals surface area contributed by atoms with Crippen molar-refractivity contribution in [1.29, 1.82) is 0 Å². The van der Waals surface area contributed by atoms with Gasteiger partial charge in [0.25, 0.3) is 0 Å². The van der Waals surface area contributed by atoms with E-state index in [4.69, 9.17) is 11.6 Å². The maximum absolute atomic E-state index is 6.16. The van der Waals surface area contributed by atoms with Crippen LogP contribution in [0.1, 0.15) is 37.0 Å². The first-order valence-corrected chi connectivity index (χ1v) is 7.24. The van der Waals surface area contributed by atoms with Crippen LogP contribution in [0.25, 0.3) is 0 Å². The molecule has 0 saturated carbocycles. The molecule has 5 heteroatoms. The van der Waals surface area contributed by atoms with Crippen LogP contribution in [-0.2, 0) is 6.42 Å². The summed E-state index contributed by atoms with van der Waals surface area (Å²) in [6, 6.07) is 8.00. The van der Waals surface area contributed by atoms with Gasteiger partial charge in [-0.1, -0.05) is 25.1 Å². The molecule has 0 amide bonds. The molecule has 0 aliphatic heterocycles. The van der Waals surface area contributed by atoms with Crippen LogP contribution in [0.2, 0.25) is 0 Å². The number of halogens is 1. The van der Waals surface area contributed by atoms with Gasteiger partial charge < -0.3 is 5.32 Å². The second kappa shape index (κ2) is 6.16. The van der Waals surface area contributed by atoms with Gasteiger partial charge in [-0.2, -0.15) is 4.37 Å². The molecule has 0 aliphatic carbocycles. The summed E-state index contributed by atoms with van der Waals surface area (Å²) in [5, 5.41) is 4.08. The average Bonchev–Trinajstić information content (AvgIpc) is 2.77. The molecule has 2 aromatic rings. The van der Waals surface area contributed by atoms with Gasteiger partial charge in [-0.15, -0.1) is 11.6 Å². The summed E-state index contributed by atoms with van der Waals surface area (Å²) in [7, 11) is 0. The number of nitrogens with one attached hydrogen (secondary N) is 1. The number of benzene rings is 1. The molecule has 0 fully saturated rings. The lowest BCUT2D eigenvalue weighted by molar-refractivity contribution is 0.862. The third kappa shape index (κ3) is 3.21. The van der Waals surface area contributed by atoms with Crippen molar-refractivity contribution in [1.82, 2.24) is 9.36 Å². The fraction of sp³-hybridized carbons (Fsp3) is 0.385. The van der Waals surface area contributed by atoms with Gasteiger partial charge in [-0.25, -0.2) is 4.98 Å². The van der Waals surface area contributed by atoms with Crippen LogP contribution in [0.5, 0.6) is 0 Å². The molecule has 1 heterocycles. The minimum absolute atomic E-state index is 0.0308. The van der Waals surface area contributed by atoms with Crippen LogP contribution in [-0.4, -0.2) is 9.36 Å². The predicted molar refractivity (Wildman–Crippen MR) is 77.9 cm³/mol. The summed E-state index contributed by atoms with van der Waals surface area (Å²) >= 11 is 7.55. The third-order valence-electron chi connectivity index (χ3n) is 2.57. The zero-order valence-electron chi connectivity index (χ0n) is 10.5. The quantitative estimate of drug-likeness (QED) is 0.818. The first-order valence-electron chi connectivity index (χ1n) is 6.03. The Labute approximate surface area is 116 Å². The molecular weight excluding hydrogens is 266 g/mol. The molecule has 0 radical (unpaired) electrons. The number of para-hydroxylation sites is 1. The van der Waals surface area contributed by atoms with Gasteiger partial charge in [-0.05, 0) is 25.0 Å². The van der Waals surface area contributed by atoms with Gasteiger partial charge in [0.1, 0.15) is 5.82 Å². The topological polar surface area (TPSA) is 37.8 Å². The molecule has 1 aromatic carbocycles. The van der Waals surface area contributed by atoms with Crippen molar-refractivity contribution in [3.05, 3.63) is 35.7 Å². The van der Waals surface area contributed by atoms with Crippen molar-refractivity contribution < 1.29 is 0 Å². The van der Waals surface area contributed by atoms with Crippen LogP contribution in [0.15, 0.2) is 24.3 Å². The number of aromatic nitrogens is 2. The van der Waals surface area contributed by atoms with Crippen LogP contribution in [0, 0.1) is 0 Å². The smallest absolute Gasteiger partial charge is 0.207 e. The highest BCUT2D eigenvalue weighted by Crippen LogP contribution is 2.29. The van der Waals surface area contributed by atoms with Crippen molar-refractivity contribution in [3.8, 4) is 0 Å². The minimum atomic E-state index is -0.0308. The highest BCUT2D eigenvalue weighted by molar-refractivity contribution is 7.09. The predicted octanol–water partition coefficient (Wildman–Crippen LogP) is 4.53. The van der Waals surface area contributed by atoms with E-state index in [1.165, 1.54) is 11.5 Å². The number of hydrogen-bond acceptors (Lipinski definition) is 4. The lowest BCUT2D eigenvalue weighted by Crippen LogP contribution is -1.96. The van der Waals surface area contributed by atoms with Crippen molar-refractivity contribution in [2.24, 2.45) is 0 Å². The van der Waals surface area contributed by atoms with Gasteiger partial charge >= 0.3 is 0 Å². The van der Waals surface area contributed by atoms with Gasteiger partial charge in [0.15, 0.2) is 0 Å². The third-order valence-corrected chi connectivity index (χ3v) is 3.48. The second-order valence-corrected chi connectivity index (χ2v) is 5.50. The SMILES string of the molecule is CCCc1nsc(Nc2ccccc2C(C)Cl)n1. The van der Waals surface area contributed by atoms with E-state index >= 15 is 0 Å². The summed E-state index contributed by atoms with van der Waals surface area (Å²) in [4.78, 5) is 4.45. The van der Waals surface area contributed by atoms with Gasteiger partial charge in [-0.3, -0.25) is 0 Å². The average molecular weight is 282 g/mol. The molecule has 1 atom stereocenters. The molecule has 1 N–H and O–H groups in total. The molecule has 0 saturated heterocycles. The van der Waals surface area contributed by atoms with Crippen LogP contribution >= 0.6 is 23.1 Å². The summed E-state index contributed by atoms with van der Waals surface area (Å²) in [5.41, 5.74) is 2.07. The lowest BCUT2D eigenvalue weighted by Gasteiger charge is -2.10. The number of nitrogens with zero attached hydrogens (tertiary/aromatic N) is 2. The Morgan fingerprint density at radius 3 is 2.89 bits per heavy atom. The van der Waals surface area contributed by atoms with E-state index in [0.29, 0.717) is 0 Å². The van der Waals surface area contributed by atoms with Crippen LogP contribution < -0.4 is 5.32 Å². The molecule has 1 unspecified atom stereocenters. The second-order valence-electron chi connectivity index (χ2n) is 4.09. The number of anilines is 2. The largest absolute Gasteiger partial charge is 0.330 e. The Hall–Kier alpha value is -1.13. The van der Waals surface area contributed by atoms with Crippen molar-refractivity contribution >= 4 is 34.0 Å². The van der Waals surface area contributed by atoms with Crippen molar-refractivity contribution in [2.45, 2.75) is 32.1 Å². The van der Waals surface area contributed by atoms with E-state index in [9.17, 15) is 0 Å². The lowest BCUT2D eigenvalue weighted by atomic mass is 10.1. The van der Waals surface area contributed by atoms with Crippen LogP contribution in [0.4, 0.5) is 10.8 Å². The monoisotopic (exact) mass is 281 g/mol. The highest BCUT2D eigenvalue weighted by Gasteiger charge is 2.09. The molecule has 2 rings (SSSR count). The zero-order valence-corrected chi connectivity index (χ0v) is 12.1. The minimum Gasteiger partial charge on any atom is -0.330 e. The Bertz CT molecular complexity index is 510. The van der Waals surface area contributed by atoms with E-state index < -0.39 is 0 Å². The van der Waals surface area contributed by atoms with Gasteiger partial charge in [0.05, 0.1) is 5.38 Å². The van der Waals surface area contributed by atoms with E-state index in [2.05, 4.69) is 21.6 Å². The number of hydrogen-bond donors (Lipinski definition) is 1. The Kier molecular flexibility index (Phi) is 4.55. The standard InChI is InChI=1S/C13H16ClN3S/c1-3-6-12-16-13(18-17-12)15-11-8-5-4-7-10(11)9(2)14/h4-5,7-9H,3,6H2,1-2H3,(H,15,16,17). The molecule has 18 heavy (non-hydrogen) atoms. The molecular formula is C13H16ClN3S.